The van der Waals surface area contributed by atoms with Crippen LogP contribution in [0.4, 0.5) is 0 Å². The molecule has 2 heterocycles. The summed E-state index contributed by atoms with van der Waals surface area (Å²) in [5, 5.41) is 6.61. The molecule has 0 saturated carbocycles. The van der Waals surface area contributed by atoms with Gasteiger partial charge in [0.15, 0.2) is 0 Å². The van der Waals surface area contributed by atoms with Crippen molar-refractivity contribution < 1.29 is 4.42 Å². The number of aromatic amines is 1. The molecule has 0 radical (unpaired) electrons. The molecule has 0 aliphatic rings. The van der Waals surface area contributed by atoms with E-state index < -0.39 is 0 Å². The van der Waals surface area contributed by atoms with Gasteiger partial charge in [0.1, 0.15) is 0 Å². The number of hydrogen-bond acceptors (Lipinski definition) is 4. The highest BCUT2D eigenvalue weighted by Gasteiger charge is 1.88. The fourth-order valence-corrected chi connectivity index (χ4v) is 1.02. The summed E-state index contributed by atoms with van der Waals surface area (Å²) in [5.41, 5.74) is 2.12. The number of nitrogens with one attached hydrogen (secondary N) is 1. The Bertz CT molecular complexity index is 427. The maximum atomic E-state index is 4.36. The van der Waals surface area contributed by atoms with Crippen molar-refractivity contribution in [3.63, 3.8) is 0 Å². The molecule has 2 aromatic heterocycles. The number of imidazole rings is 1. The van der Waals surface area contributed by atoms with Gasteiger partial charge in [-0.15, -0.1) is 10.2 Å². The summed E-state index contributed by atoms with van der Waals surface area (Å²) in [4.78, 5) is 7.07. The minimum atomic E-state index is 1.03. The van der Waals surface area contributed by atoms with Crippen LogP contribution in [0.15, 0.2) is 47.8 Å². The van der Waals surface area contributed by atoms with Gasteiger partial charge in [-0.3, -0.25) is 0 Å². The van der Waals surface area contributed by atoms with Crippen molar-refractivity contribution in [3.05, 3.63) is 43.4 Å². The van der Waals surface area contributed by atoms with E-state index in [1.807, 2.05) is 24.3 Å². The van der Waals surface area contributed by atoms with Crippen molar-refractivity contribution in [2.75, 3.05) is 0 Å². The molecule has 5 nitrogen and oxygen atoms in total. The van der Waals surface area contributed by atoms with Crippen molar-refractivity contribution >= 4 is 11.0 Å². The second-order valence-electron chi connectivity index (χ2n) is 2.50. The Balaban J connectivity index is 0.000000128. The monoisotopic (exact) mass is 188 g/mol. The average molecular weight is 188 g/mol. The zero-order chi connectivity index (χ0) is 9.64. The first kappa shape index (κ1) is 8.43. The van der Waals surface area contributed by atoms with Gasteiger partial charge in [-0.05, 0) is 12.1 Å². The summed E-state index contributed by atoms with van der Waals surface area (Å²) in [6.07, 6.45) is 4.23. The van der Waals surface area contributed by atoms with Gasteiger partial charge in [0.05, 0.1) is 17.4 Å². The van der Waals surface area contributed by atoms with Crippen LogP contribution in [0.2, 0.25) is 0 Å². The van der Waals surface area contributed by atoms with Crippen LogP contribution >= 0.6 is 0 Å². The molecule has 3 aromatic rings. The van der Waals surface area contributed by atoms with Crippen LogP contribution in [-0.2, 0) is 0 Å². The largest absolute Gasteiger partial charge is 0.431 e. The van der Waals surface area contributed by atoms with Crippen molar-refractivity contribution in [2.24, 2.45) is 0 Å². The predicted molar refractivity (Wildman–Crippen MR) is 50.4 cm³/mol. The third kappa shape index (κ3) is 1.95. The molecule has 0 amide bonds. The second-order valence-corrected chi connectivity index (χ2v) is 2.50. The number of rotatable bonds is 0. The van der Waals surface area contributed by atoms with E-state index in [1.165, 1.54) is 12.8 Å². The van der Waals surface area contributed by atoms with E-state index in [0.29, 0.717) is 0 Å². The molecule has 1 aromatic carbocycles. The van der Waals surface area contributed by atoms with Gasteiger partial charge < -0.3 is 9.40 Å². The average Bonchev–Trinajstić information content (AvgIpc) is 2.92. The van der Waals surface area contributed by atoms with E-state index in [4.69, 9.17) is 0 Å². The Morgan fingerprint density at radius 3 is 2.50 bits per heavy atom. The van der Waals surface area contributed by atoms with Crippen LogP contribution in [0.25, 0.3) is 11.0 Å². The number of fused-ring (bicyclic) bond motifs is 1. The van der Waals surface area contributed by atoms with Gasteiger partial charge in [0.25, 0.3) is 0 Å². The van der Waals surface area contributed by atoms with Gasteiger partial charge in [0.2, 0.25) is 12.8 Å². The number of aromatic nitrogens is 4. The number of para-hydroxylation sites is 2. The van der Waals surface area contributed by atoms with Crippen LogP contribution < -0.4 is 0 Å². The lowest BCUT2D eigenvalue weighted by atomic mass is 10.3. The summed E-state index contributed by atoms with van der Waals surface area (Å²) >= 11 is 0. The Kier molecular flexibility index (Phi) is 2.51. The molecule has 14 heavy (non-hydrogen) atoms. The summed E-state index contributed by atoms with van der Waals surface area (Å²) in [7, 11) is 0. The molecule has 1 N–H and O–H groups in total. The molecule has 0 unspecified atom stereocenters. The van der Waals surface area contributed by atoms with Crippen LogP contribution in [0.3, 0.4) is 0 Å². The lowest BCUT2D eigenvalue weighted by Gasteiger charge is -1.81. The Morgan fingerprint density at radius 1 is 1.07 bits per heavy atom. The van der Waals surface area contributed by atoms with Crippen molar-refractivity contribution in [2.45, 2.75) is 0 Å². The van der Waals surface area contributed by atoms with Crippen LogP contribution in [0.5, 0.6) is 0 Å². The first-order valence-electron chi connectivity index (χ1n) is 4.04. The first-order chi connectivity index (χ1) is 6.97. The Morgan fingerprint density at radius 2 is 1.86 bits per heavy atom. The predicted octanol–water partition coefficient (Wildman–Crippen LogP) is 1.63. The quantitative estimate of drug-likeness (QED) is 0.582. The third-order valence-electron chi connectivity index (χ3n) is 1.61. The Labute approximate surface area is 79.8 Å². The fourth-order valence-electron chi connectivity index (χ4n) is 1.02. The first-order valence-corrected chi connectivity index (χ1v) is 4.04. The molecular weight excluding hydrogens is 180 g/mol. The number of nitrogens with zero attached hydrogens (tertiary/aromatic N) is 3. The van der Waals surface area contributed by atoms with Crippen LogP contribution in [0, 0.1) is 0 Å². The molecular formula is C9H8N4O. The van der Waals surface area contributed by atoms with E-state index in [-0.39, 0.29) is 0 Å². The topological polar surface area (TPSA) is 67.6 Å². The summed E-state index contributed by atoms with van der Waals surface area (Å²) in [6.45, 7) is 0. The molecule has 0 fully saturated rings. The zero-order valence-corrected chi connectivity index (χ0v) is 7.29. The highest BCUT2D eigenvalue weighted by molar-refractivity contribution is 5.73. The van der Waals surface area contributed by atoms with E-state index in [0.717, 1.165) is 11.0 Å². The number of hydrogen-bond donors (Lipinski definition) is 1. The molecule has 5 heteroatoms. The second kappa shape index (κ2) is 4.18. The van der Waals surface area contributed by atoms with Gasteiger partial charge >= 0.3 is 0 Å². The van der Waals surface area contributed by atoms with Crippen molar-refractivity contribution in [1.82, 2.24) is 20.2 Å². The number of benzene rings is 1. The van der Waals surface area contributed by atoms with Gasteiger partial charge in [0, 0.05) is 0 Å². The molecule has 0 spiro atoms. The van der Waals surface area contributed by atoms with E-state index >= 15 is 0 Å². The van der Waals surface area contributed by atoms with Gasteiger partial charge in [-0.1, -0.05) is 12.1 Å². The molecule has 0 aliphatic carbocycles. The molecule has 0 bridgehead atoms. The third-order valence-corrected chi connectivity index (χ3v) is 1.61. The molecule has 0 aliphatic heterocycles. The maximum absolute atomic E-state index is 4.36. The summed E-state index contributed by atoms with van der Waals surface area (Å²) in [6, 6.07) is 7.94. The molecule has 0 saturated heterocycles. The van der Waals surface area contributed by atoms with E-state index in [1.54, 1.807) is 6.33 Å². The minimum Gasteiger partial charge on any atom is -0.431 e. The Hall–Kier alpha value is -2.17. The van der Waals surface area contributed by atoms with E-state index in [2.05, 4.69) is 24.6 Å². The van der Waals surface area contributed by atoms with Crippen LogP contribution in [-0.4, -0.2) is 20.2 Å². The molecule has 3 rings (SSSR count). The van der Waals surface area contributed by atoms with E-state index in [9.17, 15) is 0 Å². The van der Waals surface area contributed by atoms with Gasteiger partial charge in [-0.2, -0.15) is 0 Å². The lowest BCUT2D eigenvalue weighted by Crippen LogP contribution is -1.63. The summed E-state index contributed by atoms with van der Waals surface area (Å²) < 4.78 is 4.36. The minimum absolute atomic E-state index is 1.03. The van der Waals surface area contributed by atoms with Crippen molar-refractivity contribution in [3.8, 4) is 0 Å². The van der Waals surface area contributed by atoms with Gasteiger partial charge in [-0.25, -0.2) is 4.98 Å². The van der Waals surface area contributed by atoms with Crippen LogP contribution in [0.1, 0.15) is 0 Å². The maximum Gasteiger partial charge on any atom is 0.203 e. The zero-order valence-electron chi connectivity index (χ0n) is 7.29. The molecule has 0 atom stereocenters. The lowest BCUT2D eigenvalue weighted by molar-refractivity contribution is 0.553. The highest BCUT2D eigenvalue weighted by Crippen LogP contribution is 2.05. The summed E-state index contributed by atoms with van der Waals surface area (Å²) in [5.74, 6) is 0. The van der Waals surface area contributed by atoms with Crippen molar-refractivity contribution in [1.29, 1.82) is 0 Å². The standard InChI is InChI=1S/C7H6N2.C2H2N2O/c1-2-4-7-6(3-1)8-5-9-7;1-3-4-2-5-1/h1-5H,(H,8,9);1-2H. The SMILES string of the molecule is c1ccc2[nH]cnc2c1.c1nnco1. The highest BCUT2D eigenvalue weighted by atomic mass is 16.3. The number of H-pyrrole nitrogens is 1. The smallest absolute Gasteiger partial charge is 0.203 e. The molecule has 70 valence electrons. The fraction of sp³-hybridized carbons (Fsp3) is 0. The normalized spacial score (nSPS) is 9.43.